The largest absolute Gasteiger partial charge is 0.256 e. The first-order chi connectivity index (χ1) is 30.5. The van der Waals surface area contributed by atoms with E-state index in [1.807, 2.05) is 55.1 Å². The Bertz CT molecular complexity index is 3020. The molecule has 7 aromatic carbocycles. The van der Waals surface area contributed by atoms with Crippen molar-refractivity contribution in [2.24, 2.45) is 0 Å². The number of rotatable bonds is 9. The molecular weight excluding hydrogens is 753 g/mol. The van der Waals surface area contributed by atoms with Gasteiger partial charge in [0.15, 0.2) is 5.82 Å². The lowest BCUT2D eigenvalue weighted by Gasteiger charge is -2.18. The Labute approximate surface area is 363 Å². The second-order valence-corrected chi connectivity index (χ2v) is 15.7. The fourth-order valence-electron chi connectivity index (χ4n) is 8.31. The molecular formula is C58H42N4. The van der Waals surface area contributed by atoms with Gasteiger partial charge >= 0.3 is 0 Å². The quantitative estimate of drug-likeness (QED) is 0.146. The Morgan fingerprint density at radius 1 is 0.242 bits per heavy atom. The Kier molecular flexibility index (Phi) is 10.4. The first-order valence-electron chi connectivity index (χ1n) is 20.9. The summed E-state index contributed by atoms with van der Waals surface area (Å²) in [6.45, 7) is 4.23. The zero-order valence-corrected chi connectivity index (χ0v) is 34.6. The molecule has 0 aliphatic heterocycles. The van der Waals surface area contributed by atoms with E-state index in [2.05, 4.69) is 178 Å². The van der Waals surface area contributed by atoms with E-state index in [9.17, 15) is 0 Å². The van der Waals surface area contributed by atoms with Gasteiger partial charge in [0.25, 0.3) is 0 Å². The highest BCUT2D eigenvalue weighted by Crippen LogP contribution is 2.42. The molecule has 0 saturated carbocycles. The molecule has 0 aliphatic rings. The van der Waals surface area contributed by atoms with E-state index in [0.29, 0.717) is 5.82 Å². The van der Waals surface area contributed by atoms with Gasteiger partial charge in [0.2, 0.25) is 0 Å². The number of benzene rings is 7. The molecule has 0 fully saturated rings. The highest BCUT2D eigenvalue weighted by atomic mass is 14.9. The topological polar surface area (TPSA) is 51.6 Å². The van der Waals surface area contributed by atoms with Gasteiger partial charge in [-0.25, -0.2) is 9.97 Å². The second-order valence-electron chi connectivity index (χ2n) is 15.7. The number of aryl methyl sites for hydroxylation is 2. The zero-order valence-electron chi connectivity index (χ0n) is 34.6. The van der Waals surface area contributed by atoms with Crippen LogP contribution in [-0.4, -0.2) is 19.9 Å². The minimum absolute atomic E-state index is 0.701. The maximum absolute atomic E-state index is 4.96. The van der Waals surface area contributed by atoms with Gasteiger partial charge in [-0.15, -0.1) is 0 Å². The standard InChI is InChI=1S/C58H42N4/c1-39-14-12-18-42(30-39)56-28-26-44(35-59-56)50-20-6-8-22-52(50)46-32-47(53-23-9-7-21-51(53)45-27-29-57(60-36-45)43-19-13-15-40(2)31-43)34-48(33-46)54-24-10-11-25-55(54)49-37-61-58(62-38-49)41-16-4-3-5-17-41/h3-38H,1-2H3. The summed E-state index contributed by atoms with van der Waals surface area (Å²) in [5.41, 5.74) is 20.5. The molecule has 10 aromatic rings. The van der Waals surface area contributed by atoms with Crippen LogP contribution in [0.5, 0.6) is 0 Å². The molecule has 10 rings (SSSR count). The van der Waals surface area contributed by atoms with Gasteiger partial charge in [-0.05, 0) is 106 Å². The van der Waals surface area contributed by atoms with Gasteiger partial charge < -0.3 is 0 Å². The summed E-state index contributed by atoms with van der Waals surface area (Å²) in [7, 11) is 0. The molecule has 4 heteroatoms. The Balaban J connectivity index is 1.11. The van der Waals surface area contributed by atoms with E-state index in [-0.39, 0.29) is 0 Å². The van der Waals surface area contributed by atoms with Crippen LogP contribution in [0.2, 0.25) is 0 Å². The molecule has 0 aliphatic carbocycles. The molecule has 0 spiro atoms. The number of aromatic nitrogens is 4. The third kappa shape index (κ3) is 7.85. The fraction of sp³-hybridized carbons (Fsp3) is 0.0345. The Morgan fingerprint density at radius 2 is 0.597 bits per heavy atom. The number of pyridine rings is 2. The van der Waals surface area contributed by atoms with Gasteiger partial charge in [-0.3, -0.25) is 9.97 Å². The molecule has 4 nitrogen and oxygen atoms in total. The average Bonchev–Trinajstić information content (AvgIpc) is 3.34. The van der Waals surface area contributed by atoms with Gasteiger partial charge in [-0.2, -0.15) is 0 Å². The van der Waals surface area contributed by atoms with Crippen LogP contribution >= 0.6 is 0 Å². The van der Waals surface area contributed by atoms with Gasteiger partial charge in [0, 0.05) is 58.2 Å². The molecule has 62 heavy (non-hydrogen) atoms. The molecule has 0 amide bonds. The fourth-order valence-corrected chi connectivity index (χ4v) is 8.31. The van der Waals surface area contributed by atoms with Crippen LogP contribution < -0.4 is 0 Å². The van der Waals surface area contributed by atoms with Crippen LogP contribution in [0.4, 0.5) is 0 Å². The van der Waals surface area contributed by atoms with Crippen molar-refractivity contribution in [2.75, 3.05) is 0 Å². The van der Waals surface area contributed by atoms with Crippen LogP contribution in [0, 0.1) is 13.8 Å². The summed E-state index contributed by atoms with van der Waals surface area (Å²) >= 11 is 0. The summed E-state index contributed by atoms with van der Waals surface area (Å²) in [6.07, 6.45) is 7.87. The summed E-state index contributed by atoms with van der Waals surface area (Å²) < 4.78 is 0. The van der Waals surface area contributed by atoms with Gasteiger partial charge in [0.05, 0.1) is 11.4 Å². The maximum atomic E-state index is 4.96. The van der Waals surface area contributed by atoms with Crippen LogP contribution in [0.3, 0.4) is 0 Å². The van der Waals surface area contributed by atoms with E-state index >= 15 is 0 Å². The number of nitrogens with zero attached hydrogens (tertiary/aromatic N) is 4. The summed E-state index contributed by atoms with van der Waals surface area (Å²) in [6, 6.07) is 68.5. The number of hydrogen-bond donors (Lipinski definition) is 0. The van der Waals surface area contributed by atoms with Gasteiger partial charge in [-0.1, -0.05) is 163 Å². The molecule has 0 N–H and O–H groups in total. The SMILES string of the molecule is Cc1cccc(-c2ccc(-c3ccccc3-c3cc(-c4ccccc4-c4ccc(-c5cccc(C)c5)nc4)cc(-c4ccccc4-c4cnc(-c5ccccc5)nc4)c3)cn2)c1. The lowest BCUT2D eigenvalue weighted by molar-refractivity contribution is 1.18. The van der Waals surface area contributed by atoms with Crippen LogP contribution in [0.1, 0.15) is 11.1 Å². The van der Waals surface area contributed by atoms with E-state index in [0.717, 1.165) is 94.8 Å². The van der Waals surface area contributed by atoms with Crippen molar-refractivity contribution in [1.29, 1.82) is 0 Å². The summed E-state index contributed by atoms with van der Waals surface area (Å²) in [5.74, 6) is 0.701. The minimum Gasteiger partial charge on any atom is -0.256 e. The highest BCUT2D eigenvalue weighted by Gasteiger charge is 2.17. The molecule has 0 saturated heterocycles. The second kappa shape index (κ2) is 16.9. The van der Waals surface area contributed by atoms with Gasteiger partial charge in [0.1, 0.15) is 0 Å². The van der Waals surface area contributed by atoms with E-state index in [4.69, 9.17) is 19.9 Å². The Morgan fingerprint density at radius 3 is 0.984 bits per heavy atom. The van der Waals surface area contributed by atoms with Crippen molar-refractivity contribution in [3.8, 4) is 101 Å². The van der Waals surface area contributed by atoms with Crippen LogP contribution in [0.15, 0.2) is 219 Å². The smallest absolute Gasteiger partial charge is 0.159 e. The molecule has 3 heterocycles. The third-order valence-corrected chi connectivity index (χ3v) is 11.4. The van der Waals surface area contributed by atoms with E-state index in [1.165, 1.54) is 11.1 Å². The first kappa shape index (κ1) is 38.1. The monoisotopic (exact) mass is 794 g/mol. The predicted molar refractivity (Wildman–Crippen MR) is 256 cm³/mol. The highest BCUT2D eigenvalue weighted by molar-refractivity contribution is 5.94. The number of hydrogen-bond acceptors (Lipinski definition) is 4. The predicted octanol–water partition coefficient (Wildman–Crippen LogP) is 14.9. The van der Waals surface area contributed by atoms with Crippen molar-refractivity contribution >= 4 is 0 Å². The van der Waals surface area contributed by atoms with Crippen LogP contribution in [0.25, 0.3) is 101 Å². The molecule has 0 radical (unpaired) electrons. The van der Waals surface area contributed by atoms with Crippen molar-refractivity contribution in [3.05, 3.63) is 230 Å². The lowest BCUT2D eigenvalue weighted by atomic mass is 9.86. The van der Waals surface area contributed by atoms with Crippen molar-refractivity contribution in [3.63, 3.8) is 0 Å². The Hall–Kier alpha value is -8.08. The van der Waals surface area contributed by atoms with Crippen molar-refractivity contribution in [2.45, 2.75) is 13.8 Å². The zero-order chi connectivity index (χ0) is 41.8. The molecule has 0 atom stereocenters. The first-order valence-corrected chi connectivity index (χ1v) is 20.9. The maximum Gasteiger partial charge on any atom is 0.159 e. The summed E-state index contributed by atoms with van der Waals surface area (Å²) in [5, 5.41) is 0. The normalized spacial score (nSPS) is 11.1. The minimum atomic E-state index is 0.701. The lowest BCUT2D eigenvalue weighted by Crippen LogP contribution is -1.94. The van der Waals surface area contributed by atoms with E-state index < -0.39 is 0 Å². The van der Waals surface area contributed by atoms with Crippen LogP contribution in [-0.2, 0) is 0 Å². The average molecular weight is 795 g/mol. The third-order valence-electron chi connectivity index (χ3n) is 11.4. The molecule has 0 bridgehead atoms. The van der Waals surface area contributed by atoms with Crippen molar-refractivity contribution < 1.29 is 0 Å². The van der Waals surface area contributed by atoms with Crippen molar-refractivity contribution in [1.82, 2.24) is 19.9 Å². The molecule has 3 aromatic heterocycles. The molecule has 294 valence electrons. The van der Waals surface area contributed by atoms with E-state index in [1.54, 1.807) is 0 Å². The molecule has 0 unspecified atom stereocenters. The summed E-state index contributed by atoms with van der Waals surface area (Å²) in [4.78, 5) is 19.6.